The molecular weight excluding hydrogens is 316 g/mol. The molecule has 0 aliphatic carbocycles. The molecule has 1 aromatic heterocycles. The maximum Gasteiger partial charge on any atom is 0.141 e. The number of aryl methyl sites for hydroxylation is 1. The van der Waals surface area contributed by atoms with Gasteiger partial charge in [0.15, 0.2) is 0 Å². The lowest BCUT2D eigenvalue weighted by atomic mass is 10.1. The number of nitrogens with one attached hydrogen (secondary N) is 1. The van der Waals surface area contributed by atoms with Gasteiger partial charge >= 0.3 is 0 Å². The van der Waals surface area contributed by atoms with Crippen LogP contribution in [0.4, 0.5) is 0 Å². The minimum Gasteiger partial charge on any atom is -0.487 e. The fourth-order valence-electron chi connectivity index (χ4n) is 1.86. The van der Waals surface area contributed by atoms with Crippen LogP contribution in [0.2, 0.25) is 0 Å². The zero-order chi connectivity index (χ0) is 14.4. The first-order valence-corrected chi connectivity index (χ1v) is 7.52. The smallest absolute Gasteiger partial charge is 0.141 e. The summed E-state index contributed by atoms with van der Waals surface area (Å²) in [4.78, 5) is 4.22. The third kappa shape index (κ3) is 4.05. The van der Waals surface area contributed by atoms with Gasteiger partial charge in [0, 0.05) is 22.8 Å². The van der Waals surface area contributed by atoms with Gasteiger partial charge in [-0.05, 0) is 37.2 Å². The second-order valence-corrected chi connectivity index (χ2v) is 5.44. The molecule has 1 N–H and O–H groups in total. The van der Waals surface area contributed by atoms with Crippen molar-refractivity contribution in [2.75, 3.05) is 6.54 Å². The molecule has 0 saturated heterocycles. The van der Waals surface area contributed by atoms with Crippen LogP contribution in [0.3, 0.4) is 0 Å². The van der Waals surface area contributed by atoms with Gasteiger partial charge in [0.05, 0.1) is 5.69 Å². The lowest BCUT2D eigenvalue weighted by Gasteiger charge is -2.11. The molecule has 1 aromatic carbocycles. The van der Waals surface area contributed by atoms with Crippen LogP contribution in [0, 0.1) is 6.92 Å². The summed E-state index contributed by atoms with van der Waals surface area (Å²) in [5.41, 5.74) is 3.31. The maximum atomic E-state index is 5.82. The monoisotopic (exact) mass is 334 g/mol. The van der Waals surface area contributed by atoms with Gasteiger partial charge in [0.1, 0.15) is 12.4 Å². The third-order valence-electron chi connectivity index (χ3n) is 3.04. The molecule has 0 atom stereocenters. The first kappa shape index (κ1) is 15.0. The van der Waals surface area contributed by atoms with Crippen LogP contribution in [-0.2, 0) is 13.2 Å². The highest BCUT2D eigenvalue weighted by Crippen LogP contribution is 2.22. The quantitative estimate of drug-likeness (QED) is 0.871. The molecule has 3 nitrogen and oxygen atoms in total. The predicted octanol–water partition coefficient (Wildman–Crippen LogP) is 3.84. The molecule has 0 radical (unpaired) electrons. The van der Waals surface area contributed by atoms with Gasteiger partial charge in [-0.2, -0.15) is 0 Å². The van der Waals surface area contributed by atoms with E-state index in [1.54, 1.807) is 6.20 Å². The van der Waals surface area contributed by atoms with E-state index in [9.17, 15) is 0 Å². The van der Waals surface area contributed by atoms with Crippen LogP contribution >= 0.6 is 15.9 Å². The second-order valence-electron chi connectivity index (χ2n) is 4.58. The lowest BCUT2D eigenvalue weighted by Crippen LogP contribution is -2.11. The molecule has 0 aliphatic heterocycles. The van der Waals surface area contributed by atoms with Gasteiger partial charge < -0.3 is 10.1 Å². The van der Waals surface area contributed by atoms with Crippen molar-refractivity contribution >= 4 is 15.9 Å². The van der Waals surface area contributed by atoms with Crippen LogP contribution in [0.15, 0.2) is 41.0 Å². The molecule has 0 bridgehead atoms. The van der Waals surface area contributed by atoms with Gasteiger partial charge in [0.25, 0.3) is 0 Å². The Morgan fingerprint density at radius 2 is 2.15 bits per heavy atom. The van der Waals surface area contributed by atoms with Crippen molar-refractivity contribution in [3.05, 3.63) is 57.8 Å². The minimum atomic E-state index is 0.536. The number of hydrogen-bond donors (Lipinski definition) is 1. The first-order valence-electron chi connectivity index (χ1n) is 6.73. The number of aromatic nitrogens is 1. The lowest BCUT2D eigenvalue weighted by molar-refractivity contribution is 0.302. The molecule has 0 saturated carbocycles. The molecule has 4 heteroatoms. The van der Waals surface area contributed by atoms with E-state index in [1.165, 1.54) is 5.56 Å². The molecule has 0 spiro atoms. The number of benzene rings is 1. The van der Waals surface area contributed by atoms with Crippen LogP contribution in [0.25, 0.3) is 0 Å². The van der Waals surface area contributed by atoms with Crippen molar-refractivity contribution in [2.45, 2.75) is 27.0 Å². The molecule has 1 heterocycles. The Balaban J connectivity index is 2.01. The second kappa shape index (κ2) is 7.41. The molecule has 2 rings (SSSR count). The standard InChI is InChI=1S/C16H19BrN2O/c1-3-18-10-13-6-7-14(15(17)9-13)11-20-16-5-4-8-19-12(16)2/h4-9,18H,3,10-11H2,1-2H3. The highest BCUT2D eigenvalue weighted by Gasteiger charge is 2.04. The molecule has 0 aliphatic rings. The van der Waals surface area contributed by atoms with Crippen LogP contribution in [0.1, 0.15) is 23.7 Å². The van der Waals surface area contributed by atoms with E-state index < -0.39 is 0 Å². The van der Waals surface area contributed by atoms with Crippen LogP contribution in [0.5, 0.6) is 5.75 Å². The molecule has 0 unspecified atom stereocenters. The normalized spacial score (nSPS) is 10.6. The summed E-state index contributed by atoms with van der Waals surface area (Å²) in [6, 6.07) is 10.2. The number of halogens is 1. The van der Waals surface area contributed by atoms with E-state index in [1.807, 2.05) is 19.1 Å². The molecule has 106 valence electrons. The molecule has 2 aromatic rings. The van der Waals surface area contributed by atoms with E-state index in [2.05, 4.69) is 51.4 Å². The average molecular weight is 335 g/mol. The Labute approximate surface area is 128 Å². The van der Waals surface area contributed by atoms with E-state index >= 15 is 0 Å². The highest BCUT2D eigenvalue weighted by molar-refractivity contribution is 9.10. The van der Waals surface area contributed by atoms with Gasteiger partial charge in [-0.3, -0.25) is 4.98 Å². The summed E-state index contributed by atoms with van der Waals surface area (Å²) >= 11 is 3.61. The summed E-state index contributed by atoms with van der Waals surface area (Å²) in [5, 5.41) is 3.32. The zero-order valence-corrected chi connectivity index (χ0v) is 13.4. The Kier molecular flexibility index (Phi) is 5.56. The Morgan fingerprint density at radius 1 is 1.30 bits per heavy atom. The summed E-state index contributed by atoms with van der Waals surface area (Å²) in [6.45, 7) is 6.45. The number of ether oxygens (including phenoxy) is 1. The van der Waals surface area contributed by atoms with Gasteiger partial charge in [-0.1, -0.05) is 35.0 Å². The molecular formula is C16H19BrN2O. The van der Waals surface area contributed by atoms with Crippen molar-refractivity contribution < 1.29 is 4.74 Å². The number of rotatable bonds is 6. The predicted molar refractivity (Wildman–Crippen MR) is 84.8 cm³/mol. The fourth-order valence-corrected chi connectivity index (χ4v) is 2.41. The summed E-state index contributed by atoms with van der Waals surface area (Å²) in [6.07, 6.45) is 1.77. The van der Waals surface area contributed by atoms with Crippen molar-refractivity contribution in [1.82, 2.24) is 10.3 Å². The van der Waals surface area contributed by atoms with Gasteiger partial charge in [-0.15, -0.1) is 0 Å². The van der Waals surface area contributed by atoms with Crippen molar-refractivity contribution in [3.63, 3.8) is 0 Å². The Morgan fingerprint density at radius 3 is 2.85 bits per heavy atom. The topological polar surface area (TPSA) is 34.1 Å². The Bertz CT molecular complexity index is 572. The molecule has 0 fully saturated rings. The third-order valence-corrected chi connectivity index (χ3v) is 3.78. The number of hydrogen-bond acceptors (Lipinski definition) is 3. The van der Waals surface area contributed by atoms with Crippen molar-refractivity contribution in [3.8, 4) is 5.75 Å². The molecule has 20 heavy (non-hydrogen) atoms. The van der Waals surface area contributed by atoms with Crippen LogP contribution in [-0.4, -0.2) is 11.5 Å². The van der Waals surface area contributed by atoms with Gasteiger partial charge in [-0.25, -0.2) is 0 Å². The highest BCUT2D eigenvalue weighted by atomic mass is 79.9. The first-order chi connectivity index (χ1) is 9.70. The SMILES string of the molecule is CCNCc1ccc(COc2cccnc2C)c(Br)c1. The summed E-state index contributed by atoms with van der Waals surface area (Å²) in [7, 11) is 0. The zero-order valence-electron chi connectivity index (χ0n) is 11.8. The van der Waals surface area contributed by atoms with Gasteiger partial charge in [0.2, 0.25) is 0 Å². The van der Waals surface area contributed by atoms with Crippen molar-refractivity contribution in [1.29, 1.82) is 0 Å². The van der Waals surface area contributed by atoms with E-state index in [-0.39, 0.29) is 0 Å². The van der Waals surface area contributed by atoms with Crippen molar-refractivity contribution in [2.24, 2.45) is 0 Å². The molecule has 0 amide bonds. The minimum absolute atomic E-state index is 0.536. The largest absolute Gasteiger partial charge is 0.487 e. The average Bonchev–Trinajstić information content (AvgIpc) is 2.45. The number of nitrogens with zero attached hydrogens (tertiary/aromatic N) is 1. The van der Waals surface area contributed by atoms with E-state index in [4.69, 9.17) is 4.74 Å². The summed E-state index contributed by atoms with van der Waals surface area (Å²) in [5.74, 6) is 0.830. The summed E-state index contributed by atoms with van der Waals surface area (Å²) < 4.78 is 6.89. The van der Waals surface area contributed by atoms with E-state index in [0.717, 1.165) is 34.6 Å². The van der Waals surface area contributed by atoms with E-state index in [0.29, 0.717) is 6.61 Å². The maximum absolute atomic E-state index is 5.82. The fraction of sp³-hybridized carbons (Fsp3) is 0.312. The van der Waals surface area contributed by atoms with Crippen LogP contribution < -0.4 is 10.1 Å². The Hall–Kier alpha value is -1.39. The number of pyridine rings is 1.